The molecule has 0 spiro atoms. The van der Waals surface area contributed by atoms with Crippen molar-refractivity contribution in [1.82, 2.24) is 4.90 Å². The number of nitrogens with zero attached hydrogens (tertiary/aromatic N) is 2. The van der Waals surface area contributed by atoms with Crippen LogP contribution in [0.4, 0.5) is 17.1 Å². The summed E-state index contributed by atoms with van der Waals surface area (Å²) in [5, 5.41) is 7.72. The zero-order chi connectivity index (χ0) is 54.7. The maximum atomic E-state index is 14.2. The van der Waals surface area contributed by atoms with E-state index < -0.39 is 0 Å². The minimum Gasteiger partial charge on any atom is -0.310 e. The van der Waals surface area contributed by atoms with Crippen LogP contribution in [0.15, 0.2) is 229 Å². The molecule has 3 heteroatoms. The third kappa shape index (κ3) is 14.4. The number of amides is 1. The standard InChI is InChI=1S/C45H44N2O.2C11H10.C5H12.C2H6/c1-5-7-28-46-44(42(6-2)43(45(46)48)32(4)33-18-16-31(3)17-19-33)36-22-24-39(25-23-36)47(40-26-20-34-12-8-10-14-37(34)29-40)41-27-21-35-13-9-11-15-38(35)30-41;2*1-9-6-7-10-4-2-3-5-11(10)8-9;1-3-5-4-2;1-2/h6,8,10-12,14-18,20-27,29-30,33H,2,5,7,9,13,19,28H2,1,3-4H3;2*2-8H,1H3;3-5H2,1-2H3;1-2H3/b43-32-;;;;. The Morgan fingerprint density at radius 2 is 1.13 bits per heavy atom. The van der Waals surface area contributed by atoms with Gasteiger partial charge in [-0.1, -0.05) is 259 Å². The molecular weight excluding hydrogens is 933 g/mol. The number of benzene rings is 8. The first-order chi connectivity index (χ1) is 37.6. The molecule has 1 amide bonds. The van der Waals surface area contributed by atoms with Gasteiger partial charge in [0.2, 0.25) is 0 Å². The fourth-order valence-electron chi connectivity index (χ4n) is 10.3. The van der Waals surface area contributed by atoms with Crippen molar-refractivity contribution in [2.75, 3.05) is 11.4 Å². The second-order valence-corrected chi connectivity index (χ2v) is 20.3. The normalized spacial score (nSPS) is 15.0. The highest BCUT2D eigenvalue weighted by atomic mass is 16.2. The van der Waals surface area contributed by atoms with Crippen molar-refractivity contribution in [3.63, 3.8) is 0 Å². The molecule has 3 aliphatic rings. The summed E-state index contributed by atoms with van der Waals surface area (Å²) < 4.78 is 0. The monoisotopic (exact) mass is 1010 g/mol. The summed E-state index contributed by atoms with van der Waals surface area (Å²) in [6.45, 7) is 24.0. The average Bonchev–Trinajstić information content (AvgIpc) is 3.81. The highest BCUT2D eigenvalue weighted by Crippen LogP contribution is 2.43. The van der Waals surface area contributed by atoms with Crippen molar-refractivity contribution in [2.45, 2.75) is 114 Å². The van der Waals surface area contributed by atoms with Gasteiger partial charge in [0.1, 0.15) is 0 Å². The molecule has 0 aromatic heterocycles. The fourth-order valence-corrected chi connectivity index (χ4v) is 10.3. The lowest BCUT2D eigenvalue weighted by atomic mass is 9.86. The molecule has 2 aliphatic carbocycles. The molecule has 77 heavy (non-hydrogen) atoms. The Morgan fingerprint density at radius 1 is 0.610 bits per heavy atom. The van der Waals surface area contributed by atoms with E-state index in [9.17, 15) is 4.79 Å². The first-order valence-electron chi connectivity index (χ1n) is 28.4. The Hall–Kier alpha value is -7.75. The molecule has 1 atom stereocenters. The number of unbranched alkanes of at least 4 members (excludes halogenated alkanes) is 3. The van der Waals surface area contributed by atoms with E-state index in [1.54, 1.807) is 0 Å². The second-order valence-electron chi connectivity index (χ2n) is 20.3. The van der Waals surface area contributed by atoms with E-state index in [0.29, 0.717) is 6.54 Å². The van der Waals surface area contributed by atoms with Crippen LogP contribution in [0, 0.1) is 19.8 Å². The molecule has 0 N–H and O–H groups in total. The number of rotatable bonds is 11. The van der Waals surface area contributed by atoms with Crippen molar-refractivity contribution in [2.24, 2.45) is 5.92 Å². The summed E-state index contributed by atoms with van der Waals surface area (Å²) in [6.07, 6.45) is 22.2. The molecule has 0 bridgehead atoms. The summed E-state index contributed by atoms with van der Waals surface area (Å²) in [7, 11) is 0. The van der Waals surface area contributed by atoms with Gasteiger partial charge in [0.05, 0.1) is 5.70 Å². The van der Waals surface area contributed by atoms with Gasteiger partial charge in [-0.25, -0.2) is 0 Å². The molecule has 1 unspecified atom stereocenters. The quantitative estimate of drug-likeness (QED) is 0.121. The van der Waals surface area contributed by atoms with Crippen LogP contribution >= 0.6 is 0 Å². The van der Waals surface area contributed by atoms with Gasteiger partial charge in [0.25, 0.3) is 5.91 Å². The van der Waals surface area contributed by atoms with Crippen molar-refractivity contribution < 1.29 is 4.79 Å². The molecule has 0 fully saturated rings. The third-order valence-electron chi connectivity index (χ3n) is 14.6. The van der Waals surface area contributed by atoms with E-state index in [4.69, 9.17) is 0 Å². The maximum absolute atomic E-state index is 14.2. The zero-order valence-corrected chi connectivity index (χ0v) is 47.6. The van der Waals surface area contributed by atoms with Crippen LogP contribution in [0.2, 0.25) is 0 Å². The molecule has 394 valence electrons. The SMILES string of the molecule is C=CC1=C(c2ccc(N(c3ccc4c(c3)C=CCC4)c3ccc4ccccc4c3)cc2)N(CCCC)C(=O)/C1=C(/C)C1C=CC(C)=CC1.CC.CCCCC.Cc1ccc2ccccc2c1.Cc1ccc2ccccc2c1. The zero-order valence-electron chi connectivity index (χ0n) is 47.6. The largest absolute Gasteiger partial charge is 0.310 e. The van der Waals surface area contributed by atoms with Crippen molar-refractivity contribution >= 4 is 67.1 Å². The number of anilines is 3. The topological polar surface area (TPSA) is 23.6 Å². The van der Waals surface area contributed by atoms with Gasteiger partial charge in [0, 0.05) is 40.7 Å². The van der Waals surface area contributed by atoms with E-state index in [0.717, 1.165) is 77.1 Å². The highest BCUT2D eigenvalue weighted by Gasteiger charge is 2.36. The molecule has 3 nitrogen and oxygen atoms in total. The molecule has 0 saturated heterocycles. The molecule has 0 radical (unpaired) electrons. The van der Waals surface area contributed by atoms with Crippen LogP contribution in [-0.2, 0) is 11.2 Å². The summed E-state index contributed by atoms with van der Waals surface area (Å²) in [5.74, 6) is 0.300. The Labute approximate surface area is 462 Å². The van der Waals surface area contributed by atoms with Crippen LogP contribution in [0.3, 0.4) is 0 Å². The third-order valence-corrected chi connectivity index (χ3v) is 14.6. The summed E-state index contributed by atoms with van der Waals surface area (Å²) in [6, 6.07) is 60.6. The van der Waals surface area contributed by atoms with Crippen LogP contribution in [0.25, 0.3) is 44.1 Å². The molecule has 0 saturated carbocycles. The van der Waals surface area contributed by atoms with Crippen LogP contribution < -0.4 is 4.90 Å². The first kappa shape index (κ1) is 57.0. The van der Waals surface area contributed by atoms with Gasteiger partial charge in [-0.3, -0.25) is 4.79 Å². The second kappa shape index (κ2) is 28.4. The first-order valence-corrected chi connectivity index (χ1v) is 28.4. The van der Waals surface area contributed by atoms with Crippen molar-refractivity contribution in [3.05, 3.63) is 257 Å². The van der Waals surface area contributed by atoms with Gasteiger partial charge in [-0.2, -0.15) is 0 Å². The Bertz CT molecular complexity index is 3350. The summed E-state index contributed by atoms with van der Waals surface area (Å²) >= 11 is 0. The van der Waals surface area contributed by atoms with E-state index in [1.165, 1.54) is 79.4 Å². The van der Waals surface area contributed by atoms with Gasteiger partial charge in [0.15, 0.2) is 0 Å². The molecule has 1 heterocycles. The van der Waals surface area contributed by atoms with Crippen molar-refractivity contribution in [1.29, 1.82) is 0 Å². The number of hydrogen-bond acceptors (Lipinski definition) is 2. The lowest BCUT2D eigenvalue weighted by Gasteiger charge is -2.28. The molecule has 1 aliphatic heterocycles. The van der Waals surface area contributed by atoms with Crippen LogP contribution in [-0.4, -0.2) is 17.4 Å². The summed E-state index contributed by atoms with van der Waals surface area (Å²) in [5.41, 5.74) is 14.8. The molecular formula is C74H82N2O. The highest BCUT2D eigenvalue weighted by molar-refractivity contribution is 6.12. The van der Waals surface area contributed by atoms with E-state index in [2.05, 4.69) is 260 Å². The Morgan fingerprint density at radius 3 is 1.66 bits per heavy atom. The number of carbonyl (C=O) groups excluding carboxylic acids is 1. The predicted molar refractivity (Wildman–Crippen MR) is 337 cm³/mol. The lowest BCUT2D eigenvalue weighted by Crippen LogP contribution is -2.27. The van der Waals surface area contributed by atoms with Gasteiger partial charge in [-0.15, -0.1) is 0 Å². The minimum absolute atomic E-state index is 0.0921. The number of aryl methyl sites for hydroxylation is 3. The Balaban J connectivity index is 0.000000238. The molecule has 8 aromatic carbocycles. The predicted octanol–water partition coefficient (Wildman–Crippen LogP) is 21.2. The molecule has 8 aromatic rings. The smallest absolute Gasteiger partial charge is 0.258 e. The van der Waals surface area contributed by atoms with Gasteiger partial charge in [-0.05, 0) is 139 Å². The van der Waals surface area contributed by atoms with Crippen molar-refractivity contribution in [3.8, 4) is 0 Å². The average molecular weight is 1020 g/mol. The van der Waals surface area contributed by atoms with Crippen LogP contribution in [0.5, 0.6) is 0 Å². The van der Waals surface area contributed by atoms with E-state index >= 15 is 0 Å². The number of carbonyl (C=O) groups is 1. The fraction of sp³-hybridized carbons (Fsp3) is 0.257. The van der Waals surface area contributed by atoms with E-state index in [1.807, 2.05) is 24.8 Å². The maximum Gasteiger partial charge on any atom is 0.258 e. The molecule has 11 rings (SSSR count). The number of allylic oxidation sites excluding steroid dienone is 7. The van der Waals surface area contributed by atoms with Gasteiger partial charge < -0.3 is 9.80 Å². The van der Waals surface area contributed by atoms with E-state index in [-0.39, 0.29) is 11.8 Å². The minimum atomic E-state index is 0.0921. The van der Waals surface area contributed by atoms with Gasteiger partial charge >= 0.3 is 0 Å². The number of hydrogen-bond donors (Lipinski definition) is 0. The Kier molecular flexibility index (Phi) is 21.0. The summed E-state index contributed by atoms with van der Waals surface area (Å²) in [4.78, 5) is 18.6. The van der Waals surface area contributed by atoms with Crippen LogP contribution in [0.1, 0.15) is 121 Å². The lowest BCUT2D eigenvalue weighted by molar-refractivity contribution is -0.123. The number of fused-ring (bicyclic) bond motifs is 4.